The predicted octanol–water partition coefficient (Wildman–Crippen LogP) is 4.68. The van der Waals surface area contributed by atoms with Crippen molar-refractivity contribution in [3.8, 4) is 11.5 Å². The normalized spacial score (nSPS) is 11.5. The van der Waals surface area contributed by atoms with Gasteiger partial charge in [-0.15, -0.1) is 0 Å². The van der Waals surface area contributed by atoms with Gasteiger partial charge in [-0.25, -0.2) is 8.42 Å². The molecule has 1 heterocycles. The molecule has 0 radical (unpaired) electrons. The number of aromatic nitrogens is 1. The lowest BCUT2D eigenvalue weighted by molar-refractivity contribution is 0.578. The standard InChI is InChI=1S/C18H17BrN2O3S/c1-3-20-17-18(25(22,23)15-10-4-12(2)5-11-15)21-16(24-17)13-6-8-14(19)9-7-13/h4-11,20H,3H2,1-2H3. The van der Waals surface area contributed by atoms with Gasteiger partial charge in [-0.2, -0.15) is 4.98 Å². The summed E-state index contributed by atoms with van der Waals surface area (Å²) < 4.78 is 32.6. The number of anilines is 1. The zero-order chi connectivity index (χ0) is 18.0. The summed E-state index contributed by atoms with van der Waals surface area (Å²) in [6.45, 7) is 4.29. The van der Waals surface area contributed by atoms with Crippen LogP contribution >= 0.6 is 15.9 Å². The second kappa shape index (κ2) is 7.01. The third-order valence-corrected chi connectivity index (χ3v) is 5.82. The molecular weight excluding hydrogens is 404 g/mol. The molecule has 0 unspecified atom stereocenters. The van der Waals surface area contributed by atoms with Crippen LogP contribution in [0.3, 0.4) is 0 Å². The Kier molecular flexibility index (Phi) is 4.96. The van der Waals surface area contributed by atoms with Crippen LogP contribution < -0.4 is 5.32 Å². The summed E-state index contributed by atoms with van der Waals surface area (Å²) in [4.78, 5) is 4.45. The van der Waals surface area contributed by atoms with Gasteiger partial charge in [0.05, 0.1) is 4.90 Å². The van der Waals surface area contributed by atoms with E-state index in [2.05, 4.69) is 26.2 Å². The quantitative estimate of drug-likeness (QED) is 0.648. The van der Waals surface area contributed by atoms with Crippen molar-refractivity contribution >= 4 is 31.7 Å². The SMILES string of the molecule is CCNc1oc(-c2ccc(Br)cc2)nc1S(=O)(=O)c1ccc(C)cc1. The molecule has 0 atom stereocenters. The van der Waals surface area contributed by atoms with Crippen LogP contribution in [0.4, 0.5) is 5.88 Å². The minimum absolute atomic E-state index is 0.101. The number of oxazole rings is 1. The molecule has 2 aromatic carbocycles. The van der Waals surface area contributed by atoms with Gasteiger partial charge in [0.15, 0.2) is 0 Å². The van der Waals surface area contributed by atoms with Crippen molar-refractivity contribution < 1.29 is 12.8 Å². The summed E-state index contributed by atoms with van der Waals surface area (Å²) in [6, 6.07) is 14.0. The lowest BCUT2D eigenvalue weighted by atomic mass is 10.2. The van der Waals surface area contributed by atoms with E-state index in [-0.39, 0.29) is 21.7 Å². The van der Waals surface area contributed by atoms with Crippen LogP contribution in [0.5, 0.6) is 0 Å². The Morgan fingerprint density at radius 1 is 1.08 bits per heavy atom. The molecule has 7 heteroatoms. The number of nitrogens with zero attached hydrogens (tertiary/aromatic N) is 1. The fraction of sp³-hybridized carbons (Fsp3) is 0.167. The van der Waals surface area contributed by atoms with E-state index in [1.807, 2.05) is 38.1 Å². The van der Waals surface area contributed by atoms with E-state index in [0.717, 1.165) is 10.0 Å². The molecule has 0 aliphatic rings. The number of hydrogen-bond donors (Lipinski definition) is 1. The van der Waals surface area contributed by atoms with Crippen molar-refractivity contribution in [3.05, 3.63) is 58.6 Å². The zero-order valence-corrected chi connectivity index (χ0v) is 16.2. The van der Waals surface area contributed by atoms with Crippen LogP contribution in [0, 0.1) is 6.92 Å². The number of rotatable bonds is 5. The third-order valence-electron chi connectivity index (χ3n) is 3.61. The highest BCUT2D eigenvalue weighted by Crippen LogP contribution is 2.32. The Balaban J connectivity index is 2.11. The topological polar surface area (TPSA) is 72.2 Å². The van der Waals surface area contributed by atoms with Crippen molar-refractivity contribution in [2.75, 3.05) is 11.9 Å². The van der Waals surface area contributed by atoms with Crippen LogP contribution in [-0.4, -0.2) is 19.9 Å². The van der Waals surface area contributed by atoms with E-state index in [9.17, 15) is 8.42 Å². The van der Waals surface area contributed by atoms with Gasteiger partial charge in [0.25, 0.3) is 0 Å². The van der Waals surface area contributed by atoms with Gasteiger partial charge in [-0.3, -0.25) is 0 Å². The Labute approximate surface area is 155 Å². The molecule has 25 heavy (non-hydrogen) atoms. The van der Waals surface area contributed by atoms with Crippen LogP contribution in [0.25, 0.3) is 11.5 Å². The largest absolute Gasteiger partial charge is 0.419 e. The molecule has 0 fully saturated rings. The van der Waals surface area contributed by atoms with Crippen LogP contribution in [0.15, 0.2) is 67.3 Å². The molecule has 0 spiro atoms. The number of halogens is 1. The number of aryl methyl sites for hydroxylation is 1. The Bertz CT molecular complexity index is 978. The Morgan fingerprint density at radius 3 is 2.32 bits per heavy atom. The summed E-state index contributed by atoms with van der Waals surface area (Å²) >= 11 is 3.37. The van der Waals surface area contributed by atoms with E-state index in [4.69, 9.17) is 4.42 Å². The van der Waals surface area contributed by atoms with Crippen molar-refractivity contribution in [3.63, 3.8) is 0 Å². The molecule has 0 saturated heterocycles. The Hall–Kier alpha value is -2.12. The molecule has 130 valence electrons. The number of hydrogen-bond acceptors (Lipinski definition) is 5. The molecule has 3 aromatic rings. The summed E-state index contributed by atoms with van der Waals surface area (Å²) in [5.74, 6) is 0.412. The first kappa shape index (κ1) is 17.7. The van der Waals surface area contributed by atoms with Crippen molar-refractivity contribution in [1.29, 1.82) is 0 Å². The molecule has 0 aliphatic carbocycles. The molecule has 3 rings (SSSR count). The van der Waals surface area contributed by atoms with E-state index in [1.165, 1.54) is 0 Å². The highest BCUT2D eigenvalue weighted by Gasteiger charge is 2.28. The first-order valence-corrected chi connectivity index (χ1v) is 10.0. The molecule has 0 bridgehead atoms. The molecule has 0 amide bonds. The molecule has 1 N–H and O–H groups in total. The van der Waals surface area contributed by atoms with Gasteiger partial charge < -0.3 is 9.73 Å². The molecule has 0 saturated carbocycles. The average molecular weight is 421 g/mol. The second-order valence-electron chi connectivity index (χ2n) is 5.51. The van der Waals surface area contributed by atoms with Gasteiger partial charge in [0, 0.05) is 16.6 Å². The fourth-order valence-electron chi connectivity index (χ4n) is 2.31. The first-order valence-electron chi connectivity index (χ1n) is 7.74. The third kappa shape index (κ3) is 3.62. The van der Waals surface area contributed by atoms with Crippen molar-refractivity contribution in [2.24, 2.45) is 0 Å². The number of sulfone groups is 1. The maximum absolute atomic E-state index is 13.0. The Morgan fingerprint density at radius 2 is 1.72 bits per heavy atom. The van der Waals surface area contributed by atoms with Crippen molar-refractivity contribution in [2.45, 2.75) is 23.8 Å². The summed E-state index contributed by atoms with van der Waals surface area (Å²) in [5, 5.41) is 2.85. The van der Waals surface area contributed by atoms with E-state index >= 15 is 0 Å². The summed E-state index contributed by atoms with van der Waals surface area (Å²) in [6.07, 6.45) is 0. The summed E-state index contributed by atoms with van der Waals surface area (Å²) in [5.41, 5.74) is 1.69. The predicted molar refractivity (Wildman–Crippen MR) is 100 cm³/mol. The maximum Gasteiger partial charge on any atom is 0.233 e. The van der Waals surface area contributed by atoms with Crippen LogP contribution in [-0.2, 0) is 9.84 Å². The van der Waals surface area contributed by atoms with Crippen molar-refractivity contribution in [1.82, 2.24) is 4.98 Å². The first-order chi connectivity index (χ1) is 11.9. The second-order valence-corrected chi connectivity index (χ2v) is 8.29. The molecular formula is C18H17BrN2O3S. The van der Waals surface area contributed by atoms with Gasteiger partial charge in [-0.05, 0) is 50.2 Å². The van der Waals surface area contributed by atoms with E-state index in [0.29, 0.717) is 12.1 Å². The van der Waals surface area contributed by atoms with E-state index in [1.54, 1.807) is 24.3 Å². The maximum atomic E-state index is 13.0. The zero-order valence-electron chi connectivity index (χ0n) is 13.8. The van der Waals surface area contributed by atoms with Crippen LogP contribution in [0.1, 0.15) is 12.5 Å². The number of benzene rings is 2. The monoisotopic (exact) mass is 420 g/mol. The minimum Gasteiger partial charge on any atom is -0.419 e. The lowest BCUT2D eigenvalue weighted by Gasteiger charge is -2.04. The molecule has 1 aromatic heterocycles. The molecule has 5 nitrogen and oxygen atoms in total. The lowest BCUT2D eigenvalue weighted by Crippen LogP contribution is -2.07. The van der Waals surface area contributed by atoms with Gasteiger partial charge in [-0.1, -0.05) is 33.6 Å². The average Bonchev–Trinajstić information content (AvgIpc) is 3.01. The number of nitrogens with one attached hydrogen (secondary N) is 1. The highest BCUT2D eigenvalue weighted by molar-refractivity contribution is 9.10. The fourth-order valence-corrected chi connectivity index (χ4v) is 3.85. The van der Waals surface area contributed by atoms with Crippen LogP contribution in [0.2, 0.25) is 0 Å². The molecule has 0 aliphatic heterocycles. The van der Waals surface area contributed by atoms with Gasteiger partial charge in [0.1, 0.15) is 0 Å². The van der Waals surface area contributed by atoms with Gasteiger partial charge >= 0.3 is 0 Å². The summed E-state index contributed by atoms with van der Waals surface area (Å²) in [7, 11) is -3.78. The van der Waals surface area contributed by atoms with Gasteiger partial charge in [0.2, 0.25) is 26.6 Å². The van der Waals surface area contributed by atoms with E-state index < -0.39 is 9.84 Å². The minimum atomic E-state index is -3.78. The smallest absolute Gasteiger partial charge is 0.233 e. The highest BCUT2D eigenvalue weighted by atomic mass is 79.9.